The predicted octanol–water partition coefficient (Wildman–Crippen LogP) is 5.77. The highest BCUT2D eigenvalue weighted by atomic mass is 32.2. The predicted molar refractivity (Wildman–Crippen MR) is 188 cm³/mol. The van der Waals surface area contributed by atoms with Gasteiger partial charge in [0.15, 0.2) is 9.84 Å². The molecular weight excluding hydrogens is 612 g/mol. The Bertz CT molecular complexity index is 1540. The van der Waals surface area contributed by atoms with Crippen LogP contribution in [-0.4, -0.2) is 68.9 Å². The van der Waals surface area contributed by atoms with E-state index >= 15 is 0 Å². The van der Waals surface area contributed by atoms with Crippen molar-refractivity contribution >= 4 is 21.4 Å². The molecule has 8 nitrogen and oxygen atoms in total. The van der Waals surface area contributed by atoms with Crippen LogP contribution in [-0.2, 0) is 26.4 Å². The summed E-state index contributed by atoms with van der Waals surface area (Å²) in [5.74, 6) is 0.347. The number of fused-ring (bicyclic) bond motifs is 3. The molecule has 5 rings (SSSR count). The van der Waals surface area contributed by atoms with Gasteiger partial charge in [0, 0.05) is 25.3 Å². The van der Waals surface area contributed by atoms with Gasteiger partial charge in [-0.25, -0.2) is 8.42 Å². The minimum Gasteiger partial charge on any atom is -0.490 e. The van der Waals surface area contributed by atoms with E-state index in [1.807, 2.05) is 25.1 Å². The van der Waals surface area contributed by atoms with E-state index in [0.29, 0.717) is 56.7 Å². The first-order valence-corrected chi connectivity index (χ1v) is 18.9. The van der Waals surface area contributed by atoms with Crippen molar-refractivity contribution in [3.63, 3.8) is 0 Å². The Hall–Kier alpha value is -3.14. The number of amides is 1. The van der Waals surface area contributed by atoms with Crippen LogP contribution in [0.2, 0.25) is 0 Å². The summed E-state index contributed by atoms with van der Waals surface area (Å²) < 4.78 is 42.2. The van der Waals surface area contributed by atoms with Crippen molar-refractivity contribution in [1.29, 1.82) is 0 Å². The number of aliphatic hydroxyl groups is 1. The van der Waals surface area contributed by atoms with Crippen LogP contribution in [0.15, 0.2) is 67.3 Å². The fourth-order valence-corrected chi connectivity index (χ4v) is 10.5. The number of unbranched alkanes of at least 4 members (excludes halogenated alkanes) is 1. The molecule has 0 radical (unpaired) electrons. The van der Waals surface area contributed by atoms with E-state index in [2.05, 4.69) is 36.6 Å². The number of carbonyl (C=O) groups excluding carboxylic acids is 1. The highest BCUT2D eigenvalue weighted by molar-refractivity contribution is 7.92. The maximum atomic E-state index is 14.9. The summed E-state index contributed by atoms with van der Waals surface area (Å²) in [7, 11) is -3.73. The third-order valence-electron chi connectivity index (χ3n) is 10.6. The summed E-state index contributed by atoms with van der Waals surface area (Å²) in [5.41, 5.74) is 8.09. The molecule has 2 unspecified atom stereocenters. The second-order valence-corrected chi connectivity index (χ2v) is 15.9. The van der Waals surface area contributed by atoms with Gasteiger partial charge in [-0.05, 0) is 93.0 Å². The largest absolute Gasteiger partial charge is 0.490 e. The topological polar surface area (TPSA) is 119 Å². The Balaban J connectivity index is 1.60. The van der Waals surface area contributed by atoms with Gasteiger partial charge in [0.25, 0.3) is 0 Å². The summed E-state index contributed by atoms with van der Waals surface area (Å²) >= 11 is 0. The molecule has 1 heterocycles. The molecule has 3 aliphatic rings. The van der Waals surface area contributed by atoms with Crippen LogP contribution in [0, 0.1) is 11.8 Å². The van der Waals surface area contributed by atoms with Gasteiger partial charge in [-0.3, -0.25) is 4.79 Å². The molecule has 1 aliphatic heterocycles. The Morgan fingerprint density at radius 3 is 2.70 bits per heavy atom. The fourth-order valence-electron chi connectivity index (χ4n) is 7.90. The first-order chi connectivity index (χ1) is 22.7. The van der Waals surface area contributed by atoms with Gasteiger partial charge >= 0.3 is 0 Å². The quantitative estimate of drug-likeness (QED) is 0.232. The normalized spacial score (nSPS) is 25.3. The number of ether oxygens (including phenoxy) is 2. The van der Waals surface area contributed by atoms with Gasteiger partial charge in [-0.2, -0.15) is 0 Å². The Morgan fingerprint density at radius 1 is 1.19 bits per heavy atom. The van der Waals surface area contributed by atoms with Crippen molar-refractivity contribution < 1.29 is 27.8 Å². The van der Waals surface area contributed by atoms with Crippen molar-refractivity contribution in [2.24, 2.45) is 17.6 Å². The van der Waals surface area contributed by atoms with Crippen LogP contribution in [0.25, 0.3) is 0 Å². The fraction of sp³-hybridized carbons (Fsp3) is 0.553. The first kappa shape index (κ1) is 35.2. The Morgan fingerprint density at radius 2 is 2.00 bits per heavy atom. The van der Waals surface area contributed by atoms with Crippen molar-refractivity contribution in [1.82, 2.24) is 0 Å². The molecule has 1 saturated carbocycles. The lowest BCUT2D eigenvalue weighted by Crippen LogP contribution is -2.59. The average Bonchev–Trinajstić information content (AvgIpc) is 3.20. The maximum Gasteiger partial charge on any atom is 0.248 e. The van der Waals surface area contributed by atoms with Crippen LogP contribution in [0.3, 0.4) is 0 Å². The summed E-state index contributed by atoms with van der Waals surface area (Å²) in [6, 6.07) is 13.4. The molecule has 0 saturated heterocycles. The first-order valence-electron chi connectivity index (χ1n) is 17.3. The second kappa shape index (κ2) is 15.4. The van der Waals surface area contributed by atoms with Gasteiger partial charge in [-0.15, -0.1) is 6.58 Å². The van der Waals surface area contributed by atoms with Crippen molar-refractivity contribution in [3.05, 3.63) is 84.0 Å². The van der Waals surface area contributed by atoms with Gasteiger partial charge in [0.05, 0.1) is 34.3 Å². The maximum absolute atomic E-state index is 14.9. The summed E-state index contributed by atoms with van der Waals surface area (Å²) in [5, 5.41) is 9.71. The lowest BCUT2D eigenvalue weighted by Gasteiger charge is -2.48. The van der Waals surface area contributed by atoms with Crippen LogP contribution in [0.1, 0.15) is 80.3 Å². The lowest BCUT2D eigenvalue weighted by molar-refractivity contribution is 0.0456. The Labute approximate surface area is 280 Å². The Kier molecular flexibility index (Phi) is 11.5. The average molecular weight is 665 g/mol. The summed E-state index contributed by atoms with van der Waals surface area (Å²) in [6.07, 6.45) is 11.2. The number of primary amides is 1. The molecule has 2 aromatic carbocycles. The molecule has 9 heteroatoms. The third-order valence-corrected chi connectivity index (χ3v) is 13.4. The zero-order valence-electron chi connectivity index (χ0n) is 28.0. The number of carbonyl (C=O) groups is 1. The van der Waals surface area contributed by atoms with E-state index in [1.165, 1.54) is 0 Å². The summed E-state index contributed by atoms with van der Waals surface area (Å²) in [6.45, 7) is 9.58. The number of hydrogen-bond acceptors (Lipinski definition) is 7. The number of aryl methyl sites for hydroxylation is 1. The third kappa shape index (κ3) is 7.32. The van der Waals surface area contributed by atoms with E-state index in [-0.39, 0.29) is 25.0 Å². The molecule has 2 aliphatic carbocycles. The molecule has 1 amide bonds. The zero-order chi connectivity index (χ0) is 33.6. The van der Waals surface area contributed by atoms with Crippen molar-refractivity contribution in [2.75, 3.05) is 37.8 Å². The molecule has 256 valence electrons. The minimum absolute atomic E-state index is 0.0960. The molecular formula is C38H52N2O6S. The molecule has 0 bridgehead atoms. The van der Waals surface area contributed by atoms with Crippen LogP contribution >= 0.6 is 0 Å². The molecule has 2 aromatic rings. The standard InChI is InChI=1S/C38H52N2O6S/c1-4-7-9-15-34(41)31-19-16-29(31)23-40-25-38(26-46-35-20-17-28(37(39)42)22-33(35)40)32-14-11-10-12-27(32)18-21-36(38)47(43,44)30(13-8-5-2)24-45-6-3/h5,9-12,14-15,17,20,22,29-31,34,36,41H,2,4,6-8,13,16,18-19,21,23-26H2,1,3H3,(H2,39,42)/b15-9+/t29-,30-,31+,34-,36?,38?/m0/s1. The van der Waals surface area contributed by atoms with Gasteiger partial charge < -0.3 is 25.2 Å². The molecule has 1 fully saturated rings. The molecule has 1 spiro atoms. The molecule has 47 heavy (non-hydrogen) atoms. The second-order valence-electron chi connectivity index (χ2n) is 13.5. The van der Waals surface area contributed by atoms with E-state index in [1.54, 1.807) is 24.3 Å². The number of sulfone groups is 1. The number of aliphatic hydroxyl groups excluding tert-OH is 1. The van der Waals surface area contributed by atoms with Crippen LogP contribution in [0.4, 0.5) is 5.69 Å². The van der Waals surface area contributed by atoms with Crippen LogP contribution < -0.4 is 15.4 Å². The number of anilines is 1. The minimum atomic E-state index is -3.73. The number of allylic oxidation sites excluding steroid dienone is 2. The van der Waals surface area contributed by atoms with E-state index in [9.17, 15) is 18.3 Å². The van der Waals surface area contributed by atoms with Crippen molar-refractivity contribution in [2.45, 2.75) is 87.2 Å². The number of nitrogens with zero attached hydrogens (tertiary/aromatic N) is 1. The highest BCUT2D eigenvalue weighted by Crippen LogP contribution is 2.49. The van der Waals surface area contributed by atoms with Gasteiger partial charge in [-0.1, -0.05) is 55.8 Å². The SMILES string of the molecule is C=CCC[C@@H](COCC)S(=O)(=O)C1CCc2ccccc2C12COc1ccc(C(N)=O)cc1N(C[C@@H]1CC[C@H]1[C@@H](O)/C=C/CCC)C2. The van der Waals surface area contributed by atoms with Crippen LogP contribution in [0.5, 0.6) is 5.75 Å². The summed E-state index contributed by atoms with van der Waals surface area (Å²) in [4.78, 5) is 14.6. The molecule has 0 aromatic heterocycles. The smallest absolute Gasteiger partial charge is 0.248 e. The molecule has 6 atom stereocenters. The number of hydrogen-bond donors (Lipinski definition) is 2. The number of benzene rings is 2. The number of nitrogens with two attached hydrogens (primary N) is 1. The van der Waals surface area contributed by atoms with E-state index in [0.717, 1.165) is 42.5 Å². The van der Waals surface area contributed by atoms with E-state index in [4.69, 9.17) is 15.2 Å². The monoisotopic (exact) mass is 664 g/mol. The number of rotatable bonds is 15. The van der Waals surface area contributed by atoms with Gasteiger partial charge in [0.1, 0.15) is 12.4 Å². The zero-order valence-corrected chi connectivity index (χ0v) is 28.8. The lowest BCUT2D eigenvalue weighted by atomic mass is 9.68. The highest BCUT2D eigenvalue weighted by Gasteiger charge is 2.55. The van der Waals surface area contributed by atoms with E-state index < -0.39 is 37.8 Å². The van der Waals surface area contributed by atoms with Gasteiger partial charge in [0.2, 0.25) is 5.91 Å². The molecule has 3 N–H and O–H groups in total. The van der Waals surface area contributed by atoms with Crippen molar-refractivity contribution in [3.8, 4) is 5.75 Å².